The minimum atomic E-state index is -0.570. The molecule has 0 aliphatic carbocycles. The van der Waals surface area contributed by atoms with Crippen LogP contribution in [0.1, 0.15) is 66.8 Å². The minimum absolute atomic E-state index is 0.0966. The molecule has 0 atom stereocenters. The second-order valence-electron chi connectivity index (χ2n) is 8.29. The summed E-state index contributed by atoms with van der Waals surface area (Å²) in [6, 6.07) is 7.94. The average Bonchev–Trinajstić information content (AvgIpc) is 2.78. The first kappa shape index (κ1) is 28.5. The molecule has 0 saturated carbocycles. The highest BCUT2D eigenvalue weighted by Crippen LogP contribution is 2.32. The van der Waals surface area contributed by atoms with E-state index in [2.05, 4.69) is 19.9 Å². The monoisotopic (exact) mass is 518 g/mol. The number of carbonyl (C=O) groups excluding carboxylic acids is 2. The first-order chi connectivity index (χ1) is 16.7. The van der Waals surface area contributed by atoms with Crippen molar-refractivity contribution in [3.63, 3.8) is 0 Å². The fourth-order valence-electron chi connectivity index (χ4n) is 3.40. The van der Waals surface area contributed by atoms with Gasteiger partial charge in [-0.15, -0.1) is 0 Å². The largest absolute Gasteiger partial charge is 0.497 e. The summed E-state index contributed by atoms with van der Waals surface area (Å²) >= 11 is 12.2. The van der Waals surface area contributed by atoms with Gasteiger partial charge in [-0.05, 0) is 76.4 Å². The number of allylic oxidation sites excluding steroid dienone is 3. The molecule has 188 valence electrons. The zero-order chi connectivity index (χ0) is 26.0. The van der Waals surface area contributed by atoms with Crippen molar-refractivity contribution in [3.8, 4) is 11.5 Å². The molecule has 0 spiro atoms. The number of methoxy groups -OCH3 is 1. The van der Waals surface area contributed by atoms with E-state index in [-0.39, 0.29) is 36.0 Å². The van der Waals surface area contributed by atoms with E-state index in [4.69, 9.17) is 37.4 Å². The van der Waals surface area contributed by atoms with Gasteiger partial charge in [-0.3, -0.25) is 4.79 Å². The van der Waals surface area contributed by atoms with Crippen LogP contribution in [0.5, 0.6) is 11.5 Å². The highest BCUT2D eigenvalue weighted by atomic mass is 35.5. The molecule has 2 aromatic carbocycles. The molecule has 2 rings (SSSR count). The van der Waals surface area contributed by atoms with E-state index in [0.717, 1.165) is 12.8 Å². The third-order valence-corrected chi connectivity index (χ3v) is 5.76. The maximum absolute atomic E-state index is 13.1. The number of Topliss-reactive ketones (excluding diaryl/α,β-unsaturated/α-hetero) is 1. The predicted molar refractivity (Wildman–Crippen MR) is 141 cm³/mol. The summed E-state index contributed by atoms with van der Waals surface area (Å²) in [7, 11) is 1.51. The summed E-state index contributed by atoms with van der Waals surface area (Å²) < 4.78 is 16.7. The molecule has 0 saturated heterocycles. The van der Waals surface area contributed by atoms with Crippen molar-refractivity contribution in [1.29, 1.82) is 0 Å². The molecule has 0 N–H and O–H groups in total. The average molecular weight is 519 g/mol. The molecule has 7 heteroatoms. The molecule has 5 nitrogen and oxygen atoms in total. The molecule has 0 aromatic heterocycles. The van der Waals surface area contributed by atoms with Crippen LogP contribution in [-0.4, -0.2) is 32.1 Å². The number of benzene rings is 2. The van der Waals surface area contributed by atoms with Gasteiger partial charge < -0.3 is 14.2 Å². The quantitative estimate of drug-likeness (QED) is 0.164. The van der Waals surface area contributed by atoms with Crippen molar-refractivity contribution < 1.29 is 23.8 Å². The van der Waals surface area contributed by atoms with Crippen molar-refractivity contribution in [2.24, 2.45) is 0 Å². The van der Waals surface area contributed by atoms with E-state index in [1.54, 1.807) is 31.2 Å². The molecule has 0 fully saturated rings. The van der Waals surface area contributed by atoms with Gasteiger partial charge in [0.05, 0.1) is 18.7 Å². The predicted octanol–water partition coefficient (Wildman–Crippen LogP) is 7.68. The van der Waals surface area contributed by atoms with E-state index < -0.39 is 5.97 Å². The Kier molecular flexibility index (Phi) is 11.4. The van der Waals surface area contributed by atoms with E-state index in [1.165, 1.54) is 24.3 Å². The Hall–Kier alpha value is -2.76. The SMILES string of the molecule is CCOC(=O)c1c(CC(=O)c2ccc(Cl)cc2Cl)cc(OC)cc1OC/C=C(\C)CCC=C(C)C. The molecule has 0 bridgehead atoms. The number of hydrogen-bond acceptors (Lipinski definition) is 5. The van der Waals surface area contributed by atoms with Crippen LogP contribution in [0, 0.1) is 0 Å². The standard InChI is InChI=1S/C28H32Cl2O5/c1-6-34-28(32)27-20(15-25(31)23-11-10-21(29)16-24(23)30)14-22(33-5)17-26(27)35-13-12-19(4)9-7-8-18(2)3/h8,10-12,14,16-17H,6-7,9,13,15H2,1-5H3/b19-12+. The summed E-state index contributed by atoms with van der Waals surface area (Å²) in [4.78, 5) is 26.0. The summed E-state index contributed by atoms with van der Waals surface area (Å²) in [6.07, 6.45) is 5.94. The lowest BCUT2D eigenvalue weighted by Gasteiger charge is -2.16. The van der Waals surface area contributed by atoms with Crippen LogP contribution in [-0.2, 0) is 11.2 Å². The topological polar surface area (TPSA) is 61.8 Å². The van der Waals surface area contributed by atoms with E-state index >= 15 is 0 Å². The fraction of sp³-hybridized carbons (Fsp3) is 0.357. The van der Waals surface area contributed by atoms with Crippen LogP contribution >= 0.6 is 23.2 Å². The lowest BCUT2D eigenvalue weighted by Crippen LogP contribution is -2.15. The van der Waals surface area contributed by atoms with Crippen LogP contribution in [0.25, 0.3) is 0 Å². The second kappa shape index (κ2) is 14.0. The Labute approximate surface area is 217 Å². The molecule has 0 amide bonds. The maximum Gasteiger partial charge on any atom is 0.342 e. The Morgan fingerprint density at radius 2 is 1.77 bits per heavy atom. The van der Waals surface area contributed by atoms with Gasteiger partial charge in [0.2, 0.25) is 0 Å². The molecule has 0 heterocycles. The van der Waals surface area contributed by atoms with Crippen molar-refractivity contribution in [1.82, 2.24) is 0 Å². The van der Waals surface area contributed by atoms with Crippen molar-refractivity contribution >= 4 is 35.0 Å². The number of rotatable bonds is 12. The number of esters is 1. The summed E-state index contributed by atoms with van der Waals surface area (Å²) in [6.45, 7) is 8.36. The molecular formula is C28H32Cl2O5. The van der Waals surface area contributed by atoms with Gasteiger partial charge in [0.15, 0.2) is 5.78 Å². The van der Waals surface area contributed by atoms with E-state index in [9.17, 15) is 9.59 Å². The lowest BCUT2D eigenvalue weighted by atomic mass is 9.97. The molecular weight excluding hydrogens is 487 g/mol. The minimum Gasteiger partial charge on any atom is -0.497 e. The van der Waals surface area contributed by atoms with E-state index in [0.29, 0.717) is 27.6 Å². The molecule has 35 heavy (non-hydrogen) atoms. The van der Waals surface area contributed by atoms with Gasteiger partial charge in [-0.25, -0.2) is 4.79 Å². The van der Waals surface area contributed by atoms with Crippen LogP contribution in [0.3, 0.4) is 0 Å². The Balaban J connectivity index is 2.37. The Morgan fingerprint density at radius 3 is 2.40 bits per heavy atom. The lowest BCUT2D eigenvalue weighted by molar-refractivity contribution is 0.0521. The molecule has 0 unspecified atom stereocenters. The number of carbonyl (C=O) groups is 2. The smallest absolute Gasteiger partial charge is 0.342 e. The van der Waals surface area contributed by atoms with Crippen LogP contribution in [0.15, 0.2) is 53.6 Å². The van der Waals surface area contributed by atoms with Gasteiger partial charge >= 0.3 is 5.97 Å². The first-order valence-electron chi connectivity index (χ1n) is 11.4. The maximum atomic E-state index is 13.1. The number of hydrogen-bond donors (Lipinski definition) is 0. The van der Waals surface area contributed by atoms with Crippen molar-refractivity contribution in [2.45, 2.75) is 47.0 Å². The first-order valence-corrected chi connectivity index (χ1v) is 12.2. The summed E-state index contributed by atoms with van der Waals surface area (Å²) in [5.41, 5.74) is 3.40. The van der Waals surface area contributed by atoms with Gasteiger partial charge in [-0.2, -0.15) is 0 Å². The number of halogens is 2. The third-order valence-electron chi connectivity index (χ3n) is 5.22. The van der Waals surface area contributed by atoms with Gasteiger partial charge in [0.1, 0.15) is 23.7 Å². The van der Waals surface area contributed by atoms with Gasteiger partial charge in [-0.1, -0.05) is 40.4 Å². The van der Waals surface area contributed by atoms with Crippen LogP contribution < -0.4 is 9.47 Å². The normalized spacial score (nSPS) is 11.1. The summed E-state index contributed by atoms with van der Waals surface area (Å²) in [5.74, 6) is -0.0886. The highest BCUT2D eigenvalue weighted by Gasteiger charge is 2.24. The van der Waals surface area contributed by atoms with Gasteiger partial charge in [0.25, 0.3) is 0 Å². The Bertz CT molecular complexity index is 1110. The second-order valence-corrected chi connectivity index (χ2v) is 9.13. The number of ketones is 1. The Morgan fingerprint density at radius 1 is 1.03 bits per heavy atom. The van der Waals surface area contributed by atoms with E-state index in [1.807, 2.05) is 13.0 Å². The molecule has 0 aliphatic heterocycles. The number of ether oxygens (including phenoxy) is 3. The zero-order valence-electron chi connectivity index (χ0n) is 20.9. The molecule has 2 aromatic rings. The third kappa shape index (κ3) is 8.75. The van der Waals surface area contributed by atoms with Gasteiger partial charge in [0, 0.05) is 23.1 Å². The van der Waals surface area contributed by atoms with Crippen LogP contribution in [0.2, 0.25) is 10.0 Å². The van der Waals surface area contributed by atoms with Crippen molar-refractivity contribution in [2.75, 3.05) is 20.3 Å². The fourth-order valence-corrected chi connectivity index (χ4v) is 3.91. The zero-order valence-corrected chi connectivity index (χ0v) is 22.4. The molecule has 0 aliphatic rings. The van der Waals surface area contributed by atoms with Crippen LogP contribution in [0.4, 0.5) is 0 Å². The highest BCUT2D eigenvalue weighted by molar-refractivity contribution is 6.36. The van der Waals surface area contributed by atoms with Crippen molar-refractivity contribution in [3.05, 3.63) is 80.4 Å². The molecule has 0 radical (unpaired) electrons. The summed E-state index contributed by atoms with van der Waals surface area (Å²) in [5, 5.41) is 0.674.